The maximum atomic E-state index is 12.3. The Labute approximate surface area is 187 Å². The van der Waals surface area contributed by atoms with Crippen molar-refractivity contribution in [2.75, 3.05) is 19.0 Å². The predicted molar refractivity (Wildman–Crippen MR) is 125 cm³/mol. The van der Waals surface area contributed by atoms with Crippen molar-refractivity contribution in [2.45, 2.75) is 57.1 Å². The fourth-order valence-corrected chi connectivity index (χ4v) is 3.74. The number of methoxy groups -OCH3 is 1. The van der Waals surface area contributed by atoms with Crippen molar-refractivity contribution >= 4 is 34.5 Å². The summed E-state index contributed by atoms with van der Waals surface area (Å²) in [5.41, 5.74) is 1.71. The molecular weight excluding hydrogens is 412 g/mol. The number of thioether (sulfide) groups is 1. The molecule has 0 unspecified atom stereocenters. The Hall–Kier alpha value is -2.81. The summed E-state index contributed by atoms with van der Waals surface area (Å²) in [6, 6.07) is 7.75. The molecule has 2 aromatic heterocycles. The topological polar surface area (TPSA) is 94.0 Å². The highest BCUT2D eigenvalue weighted by Gasteiger charge is 2.15. The summed E-state index contributed by atoms with van der Waals surface area (Å²) >= 11 is 1.62. The summed E-state index contributed by atoms with van der Waals surface area (Å²) in [5.74, 6) is 1.53. The number of ether oxygens (including phenoxy) is 1. The number of rotatable bonds is 10. The molecule has 0 saturated heterocycles. The largest absolute Gasteiger partial charge is 0.497 e. The third-order valence-electron chi connectivity index (χ3n) is 4.41. The smallest absolute Gasteiger partial charge is 0.224 e. The fraction of sp³-hybridized carbons (Fsp3) is 0.455. The minimum absolute atomic E-state index is 0.0329. The number of carbonyl (C=O) groups is 1. The zero-order valence-electron chi connectivity index (χ0n) is 18.7. The van der Waals surface area contributed by atoms with Gasteiger partial charge in [0.05, 0.1) is 31.7 Å². The lowest BCUT2D eigenvalue weighted by Crippen LogP contribution is -2.28. The van der Waals surface area contributed by atoms with E-state index in [1.807, 2.05) is 28.9 Å². The van der Waals surface area contributed by atoms with Gasteiger partial charge in [-0.05, 0) is 31.5 Å². The average molecular weight is 443 g/mol. The summed E-state index contributed by atoms with van der Waals surface area (Å²) < 4.78 is 6.97. The van der Waals surface area contributed by atoms with Gasteiger partial charge in [0, 0.05) is 17.8 Å². The molecule has 0 aliphatic heterocycles. The second-order valence-corrected chi connectivity index (χ2v) is 9.34. The summed E-state index contributed by atoms with van der Waals surface area (Å²) in [4.78, 5) is 21.7. The Morgan fingerprint density at radius 1 is 1.16 bits per heavy atom. The van der Waals surface area contributed by atoms with Crippen molar-refractivity contribution in [3.05, 3.63) is 36.0 Å². The second kappa shape index (κ2) is 10.5. The van der Waals surface area contributed by atoms with Crippen LogP contribution in [0.25, 0.3) is 11.0 Å². The standard InChI is InChI=1S/C22H30N6O2S/c1-14(2)25-20-18-13-24-28(21(18)27-22(26-20)31-15(3)4)11-10-23-19(29)12-16-6-8-17(30-5)9-7-16/h6-9,13-15H,10-12H2,1-5H3,(H,23,29)(H,25,26,27). The first-order chi connectivity index (χ1) is 14.9. The van der Waals surface area contributed by atoms with E-state index in [1.165, 1.54) is 0 Å². The van der Waals surface area contributed by atoms with Crippen molar-refractivity contribution in [1.82, 2.24) is 25.1 Å². The molecule has 0 radical (unpaired) electrons. The van der Waals surface area contributed by atoms with Crippen molar-refractivity contribution in [2.24, 2.45) is 0 Å². The molecule has 0 fully saturated rings. The molecule has 3 rings (SSSR count). The molecule has 0 saturated carbocycles. The number of benzene rings is 1. The van der Waals surface area contributed by atoms with E-state index in [2.05, 4.69) is 48.4 Å². The molecule has 2 heterocycles. The van der Waals surface area contributed by atoms with Gasteiger partial charge in [0.1, 0.15) is 11.6 Å². The van der Waals surface area contributed by atoms with Crippen LogP contribution in [0.5, 0.6) is 5.75 Å². The molecule has 0 spiro atoms. The molecule has 9 heteroatoms. The third-order valence-corrected chi connectivity index (χ3v) is 5.28. The zero-order chi connectivity index (χ0) is 22.4. The van der Waals surface area contributed by atoms with Gasteiger partial charge in [0.2, 0.25) is 5.91 Å². The Morgan fingerprint density at radius 3 is 2.55 bits per heavy atom. The monoisotopic (exact) mass is 442 g/mol. The second-order valence-electron chi connectivity index (χ2n) is 7.80. The summed E-state index contributed by atoms with van der Waals surface area (Å²) in [5, 5.41) is 12.8. The van der Waals surface area contributed by atoms with Crippen molar-refractivity contribution in [1.29, 1.82) is 0 Å². The predicted octanol–water partition coefficient (Wildman–Crippen LogP) is 3.51. The Balaban J connectivity index is 1.67. The van der Waals surface area contributed by atoms with Crippen LogP contribution in [0.1, 0.15) is 33.3 Å². The van der Waals surface area contributed by atoms with Gasteiger partial charge in [0.25, 0.3) is 0 Å². The minimum atomic E-state index is -0.0329. The number of nitrogens with one attached hydrogen (secondary N) is 2. The maximum absolute atomic E-state index is 12.3. The summed E-state index contributed by atoms with van der Waals surface area (Å²) in [6.45, 7) is 9.38. The number of hydrogen-bond donors (Lipinski definition) is 2. The van der Waals surface area contributed by atoms with E-state index < -0.39 is 0 Å². The molecular formula is C22H30N6O2S. The molecule has 8 nitrogen and oxygen atoms in total. The molecule has 0 atom stereocenters. The van der Waals surface area contributed by atoms with E-state index in [4.69, 9.17) is 9.72 Å². The number of hydrogen-bond acceptors (Lipinski definition) is 7. The van der Waals surface area contributed by atoms with E-state index >= 15 is 0 Å². The molecule has 31 heavy (non-hydrogen) atoms. The van der Waals surface area contributed by atoms with Crippen LogP contribution in [-0.4, -0.2) is 50.6 Å². The number of nitrogens with zero attached hydrogens (tertiary/aromatic N) is 4. The fourth-order valence-electron chi connectivity index (χ4n) is 3.04. The number of carbonyl (C=O) groups excluding carboxylic acids is 1. The lowest BCUT2D eigenvalue weighted by Gasteiger charge is -2.12. The SMILES string of the molecule is COc1ccc(CC(=O)NCCn2ncc3c(NC(C)C)nc(SC(C)C)nc32)cc1. The third kappa shape index (κ3) is 6.33. The summed E-state index contributed by atoms with van der Waals surface area (Å²) in [6.07, 6.45) is 2.10. The average Bonchev–Trinajstić information content (AvgIpc) is 3.11. The van der Waals surface area contributed by atoms with Gasteiger partial charge in [0.15, 0.2) is 10.8 Å². The van der Waals surface area contributed by atoms with Gasteiger partial charge in [-0.1, -0.05) is 37.7 Å². The number of aromatic nitrogens is 4. The number of anilines is 1. The quantitative estimate of drug-likeness (QED) is 0.366. The molecule has 3 aromatic rings. The molecule has 166 valence electrons. The van der Waals surface area contributed by atoms with E-state index in [9.17, 15) is 4.79 Å². The van der Waals surface area contributed by atoms with Crippen molar-refractivity contribution in [3.63, 3.8) is 0 Å². The van der Waals surface area contributed by atoms with Crippen LogP contribution in [-0.2, 0) is 17.8 Å². The highest BCUT2D eigenvalue weighted by atomic mass is 32.2. The van der Waals surface area contributed by atoms with E-state index in [1.54, 1.807) is 25.1 Å². The molecule has 1 aromatic carbocycles. The first-order valence-corrected chi connectivity index (χ1v) is 11.3. The van der Waals surface area contributed by atoms with E-state index in [0.717, 1.165) is 33.3 Å². The molecule has 0 aliphatic carbocycles. The highest BCUT2D eigenvalue weighted by molar-refractivity contribution is 7.99. The minimum Gasteiger partial charge on any atom is -0.497 e. The van der Waals surface area contributed by atoms with Crippen LogP contribution < -0.4 is 15.4 Å². The highest BCUT2D eigenvalue weighted by Crippen LogP contribution is 2.26. The van der Waals surface area contributed by atoms with Gasteiger partial charge in [-0.2, -0.15) is 5.10 Å². The summed E-state index contributed by atoms with van der Waals surface area (Å²) in [7, 11) is 1.62. The van der Waals surface area contributed by atoms with Crippen LogP contribution >= 0.6 is 11.8 Å². The van der Waals surface area contributed by atoms with Gasteiger partial charge in [-0.15, -0.1) is 0 Å². The van der Waals surface area contributed by atoms with Crippen LogP contribution in [0.2, 0.25) is 0 Å². The van der Waals surface area contributed by atoms with Crippen LogP contribution in [0.3, 0.4) is 0 Å². The number of fused-ring (bicyclic) bond motifs is 1. The van der Waals surface area contributed by atoms with Crippen molar-refractivity contribution in [3.8, 4) is 5.75 Å². The lowest BCUT2D eigenvalue weighted by molar-refractivity contribution is -0.120. The van der Waals surface area contributed by atoms with E-state index in [-0.39, 0.29) is 11.9 Å². The maximum Gasteiger partial charge on any atom is 0.224 e. The first kappa shape index (κ1) is 22.9. The molecule has 0 bridgehead atoms. The van der Waals surface area contributed by atoms with Gasteiger partial charge in [-0.3, -0.25) is 4.79 Å². The normalized spacial score (nSPS) is 11.3. The molecule has 1 amide bonds. The van der Waals surface area contributed by atoms with Gasteiger partial charge >= 0.3 is 0 Å². The lowest BCUT2D eigenvalue weighted by atomic mass is 10.1. The Morgan fingerprint density at radius 2 is 1.90 bits per heavy atom. The van der Waals surface area contributed by atoms with Gasteiger partial charge in [-0.25, -0.2) is 14.6 Å². The Bertz CT molecular complexity index is 1020. The molecule has 0 aliphatic rings. The van der Waals surface area contributed by atoms with E-state index in [0.29, 0.717) is 24.8 Å². The van der Waals surface area contributed by atoms with Gasteiger partial charge < -0.3 is 15.4 Å². The van der Waals surface area contributed by atoms with Crippen LogP contribution in [0.4, 0.5) is 5.82 Å². The van der Waals surface area contributed by atoms with Crippen molar-refractivity contribution < 1.29 is 9.53 Å². The number of amides is 1. The zero-order valence-corrected chi connectivity index (χ0v) is 19.5. The first-order valence-electron chi connectivity index (χ1n) is 10.4. The Kier molecular flexibility index (Phi) is 7.73. The molecule has 2 N–H and O–H groups in total. The van der Waals surface area contributed by atoms with Crippen LogP contribution in [0, 0.1) is 0 Å². The van der Waals surface area contributed by atoms with Crippen LogP contribution in [0.15, 0.2) is 35.6 Å².